The first kappa shape index (κ1) is 25.2. The number of hydrogen-bond acceptors (Lipinski definition) is 6. The van der Waals surface area contributed by atoms with Gasteiger partial charge in [-0.25, -0.2) is 4.98 Å². The van der Waals surface area contributed by atoms with E-state index < -0.39 is 0 Å². The smallest absolute Gasteiger partial charge is 0.232 e. The average Bonchev–Trinajstić information content (AvgIpc) is 2.70. The van der Waals surface area contributed by atoms with Crippen molar-refractivity contribution < 1.29 is 9.47 Å². The summed E-state index contributed by atoms with van der Waals surface area (Å²) in [7, 11) is 3.36. The van der Waals surface area contributed by atoms with Gasteiger partial charge in [0.15, 0.2) is 5.96 Å². The van der Waals surface area contributed by atoms with Crippen LogP contribution in [-0.2, 0) is 4.74 Å². The molecule has 10 heteroatoms. The van der Waals surface area contributed by atoms with Gasteiger partial charge in [0.25, 0.3) is 0 Å². The number of methoxy groups -OCH3 is 2. The van der Waals surface area contributed by atoms with Gasteiger partial charge >= 0.3 is 0 Å². The van der Waals surface area contributed by atoms with Crippen molar-refractivity contribution in [2.45, 2.75) is 26.2 Å². The fourth-order valence-electron chi connectivity index (χ4n) is 2.90. The number of aromatic nitrogens is 2. The van der Waals surface area contributed by atoms with E-state index in [0.29, 0.717) is 11.8 Å². The summed E-state index contributed by atoms with van der Waals surface area (Å²) in [5, 5.41) is 3.41. The van der Waals surface area contributed by atoms with Crippen LogP contribution in [0.3, 0.4) is 0 Å². The van der Waals surface area contributed by atoms with Crippen molar-refractivity contribution >= 4 is 51.8 Å². The number of halogens is 2. The van der Waals surface area contributed by atoms with Gasteiger partial charge in [-0.1, -0.05) is 0 Å². The molecule has 8 nitrogen and oxygen atoms in total. The molecule has 1 saturated heterocycles. The first-order valence-electron chi connectivity index (χ1n) is 9.53. The van der Waals surface area contributed by atoms with Gasteiger partial charge < -0.3 is 24.6 Å². The maximum Gasteiger partial charge on any atom is 0.232 e. The summed E-state index contributed by atoms with van der Waals surface area (Å²) < 4.78 is 11.1. The molecule has 0 unspecified atom stereocenters. The van der Waals surface area contributed by atoms with Crippen LogP contribution < -0.4 is 15.0 Å². The Hall–Kier alpha value is -0.880. The van der Waals surface area contributed by atoms with Crippen molar-refractivity contribution in [3.05, 3.63) is 10.7 Å². The SMILES string of the molecule is CCNC(=NCCCCCOC)N1CCN(c2ncc(Br)c(OC)n2)CC1.I. The molecule has 28 heavy (non-hydrogen) atoms. The van der Waals surface area contributed by atoms with Crippen LogP contribution in [0.15, 0.2) is 15.7 Å². The van der Waals surface area contributed by atoms with Crippen LogP contribution in [0.4, 0.5) is 5.95 Å². The standard InChI is InChI=1S/C18H31BrN6O2.HI/c1-4-20-17(21-8-6-5-7-13-26-2)24-9-11-25(12-10-24)18-22-14-15(19)16(23-18)27-3;/h14H,4-13H2,1-3H3,(H,20,21);1H. The first-order chi connectivity index (χ1) is 13.2. The summed E-state index contributed by atoms with van der Waals surface area (Å²) in [4.78, 5) is 18.2. The van der Waals surface area contributed by atoms with Crippen molar-refractivity contribution in [2.24, 2.45) is 4.99 Å². The van der Waals surface area contributed by atoms with Crippen molar-refractivity contribution in [1.82, 2.24) is 20.2 Å². The third-order valence-corrected chi connectivity index (χ3v) is 4.90. The molecule has 0 atom stereocenters. The van der Waals surface area contributed by atoms with E-state index in [1.54, 1.807) is 20.4 Å². The Kier molecular flexibility index (Phi) is 12.7. The van der Waals surface area contributed by atoms with Gasteiger partial charge in [0, 0.05) is 53.0 Å². The number of nitrogens with one attached hydrogen (secondary N) is 1. The second-order valence-electron chi connectivity index (χ2n) is 6.29. The van der Waals surface area contributed by atoms with Gasteiger partial charge in [0.2, 0.25) is 11.8 Å². The zero-order valence-electron chi connectivity index (χ0n) is 17.0. The number of ether oxygens (including phenoxy) is 2. The topological polar surface area (TPSA) is 75.1 Å². The maximum atomic E-state index is 5.28. The minimum atomic E-state index is 0. The Morgan fingerprint density at radius 3 is 2.61 bits per heavy atom. The van der Waals surface area contributed by atoms with E-state index in [2.05, 4.69) is 47.9 Å². The van der Waals surface area contributed by atoms with Crippen molar-refractivity contribution in [1.29, 1.82) is 0 Å². The highest BCUT2D eigenvalue weighted by Gasteiger charge is 2.22. The molecule has 1 aromatic heterocycles. The van der Waals surface area contributed by atoms with E-state index in [1.165, 1.54) is 0 Å². The molecule has 160 valence electrons. The minimum absolute atomic E-state index is 0. The van der Waals surface area contributed by atoms with E-state index in [-0.39, 0.29) is 24.0 Å². The molecular weight excluding hydrogens is 539 g/mol. The monoisotopic (exact) mass is 570 g/mol. The van der Waals surface area contributed by atoms with Crippen molar-refractivity contribution in [2.75, 3.05) is 65.0 Å². The number of unbranched alkanes of at least 4 members (excludes halogenated alkanes) is 2. The van der Waals surface area contributed by atoms with Crippen LogP contribution in [0.25, 0.3) is 0 Å². The Balaban J connectivity index is 0.00000392. The zero-order valence-corrected chi connectivity index (χ0v) is 20.9. The predicted octanol–water partition coefficient (Wildman–Crippen LogP) is 2.77. The van der Waals surface area contributed by atoms with Crippen LogP contribution in [0.2, 0.25) is 0 Å². The number of nitrogens with zero attached hydrogens (tertiary/aromatic N) is 5. The molecule has 0 radical (unpaired) electrons. The van der Waals surface area contributed by atoms with Crippen molar-refractivity contribution in [3.63, 3.8) is 0 Å². The van der Waals surface area contributed by atoms with Gasteiger partial charge in [0.1, 0.15) is 0 Å². The van der Waals surface area contributed by atoms with E-state index in [1.807, 2.05) is 0 Å². The quantitative estimate of drug-likeness (QED) is 0.212. The first-order valence-corrected chi connectivity index (χ1v) is 10.3. The summed E-state index contributed by atoms with van der Waals surface area (Å²) in [5.41, 5.74) is 0. The fraction of sp³-hybridized carbons (Fsp3) is 0.722. The maximum absolute atomic E-state index is 5.28. The molecule has 1 aliphatic rings. The number of rotatable bonds is 9. The number of guanidine groups is 1. The summed E-state index contributed by atoms with van der Waals surface area (Å²) >= 11 is 3.40. The Morgan fingerprint density at radius 1 is 1.21 bits per heavy atom. The third kappa shape index (κ3) is 7.86. The summed E-state index contributed by atoms with van der Waals surface area (Å²) in [6.07, 6.45) is 5.07. The van der Waals surface area contributed by atoms with Gasteiger partial charge in [-0.15, -0.1) is 24.0 Å². The van der Waals surface area contributed by atoms with Gasteiger partial charge in [-0.05, 0) is 42.1 Å². The highest BCUT2D eigenvalue weighted by atomic mass is 127. The number of anilines is 1. The molecule has 0 amide bonds. The lowest BCUT2D eigenvalue weighted by molar-refractivity contribution is 0.192. The molecule has 1 aliphatic heterocycles. The van der Waals surface area contributed by atoms with Gasteiger partial charge in [0.05, 0.1) is 17.8 Å². The van der Waals surface area contributed by atoms with Crippen LogP contribution in [0.1, 0.15) is 26.2 Å². The molecule has 0 bridgehead atoms. The second kappa shape index (κ2) is 14.2. The van der Waals surface area contributed by atoms with E-state index >= 15 is 0 Å². The highest BCUT2D eigenvalue weighted by molar-refractivity contribution is 14.0. The molecule has 1 N–H and O–H groups in total. The van der Waals surface area contributed by atoms with E-state index in [9.17, 15) is 0 Å². The Bertz CT molecular complexity index is 599. The Morgan fingerprint density at radius 2 is 1.96 bits per heavy atom. The molecule has 0 aromatic carbocycles. The minimum Gasteiger partial charge on any atom is -0.480 e. The zero-order chi connectivity index (χ0) is 19.5. The molecule has 1 fully saturated rings. The fourth-order valence-corrected chi connectivity index (χ4v) is 3.26. The molecule has 0 aliphatic carbocycles. The molecular formula is C18H32BrIN6O2. The summed E-state index contributed by atoms with van der Waals surface area (Å²) in [5.74, 6) is 2.26. The van der Waals surface area contributed by atoms with Crippen LogP contribution in [-0.4, -0.2) is 80.9 Å². The Labute approximate surface area is 193 Å². The molecule has 1 aromatic rings. The van der Waals surface area contributed by atoms with Crippen molar-refractivity contribution in [3.8, 4) is 5.88 Å². The molecule has 2 rings (SSSR count). The van der Waals surface area contributed by atoms with Crippen LogP contribution in [0, 0.1) is 0 Å². The van der Waals surface area contributed by atoms with Crippen LogP contribution >= 0.6 is 39.9 Å². The average molecular weight is 571 g/mol. The van der Waals surface area contributed by atoms with Crippen LogP contribution in [0.5, 0.6) is 5.88 Å². The summed E-state index contributed by atoms with van der Waals surface area (Å²) in [6.45, 7) is 8.12. The third-order valence-electron chi connectivity index (χ3n) is 4.36. The van der Waals surface area contributed by atoms with E-state index in [0.717, 1.165) is 75.6 Å². The van der Waals surface area contributed by atoms with Gasteiger partial charge in [-0.2, -0.15) is 4.98 Å². The highest BCUT2D eigenvalue weighted by Crippen LogP contribution is 2.23. The molecule has 0 saturated carbocycles. The lowest BCUT2D eigenvalue weighted by atomic mass is 10.2. The second-order valence-corrected chi connectivity index (χ2v) is 7.14. The number of aliphatic imine (C=N–C) groups is 1. The normalized spacial score (nSPS) is 14.6. The lowest BCUT2D eigenvalue weighted by Crippen LogP contribution is -2.53. The number of hydrogen-bond donors (Lipinski definition) is 1. The molecule has 2 heterocycles. The number of piperazine rings is 1. The lowest BCUT2D eigenvalue weighted by Gasteiger charge is -2.36. The largest absolute Gasteiger partial charge is 0.480 e. The van der Waals surface area contributed by atoms with Gasteiger partial charge in [-0.3, -0.25) is 4.99 Å². The van der Waals surface area contributed by atoms with E-state index in [4.69, 9.17) is 14.5 Å². The summed E-state index contributed by atoms with van der Waals surface area (Å²) in [6, 6.07) is 0. The predicted molar refractivity (Wildman–Crippen MR) is 127 cm³/mol. The molecule has 0 spiro atoms.